The minimum atomic E-state index is 0.00787. The zero-order chi connectivity index (χ0) is 27.7. The second-order valence-electron chi connectivity index (χ2n) is 11.7. The van der Waals surface area contributed by atoms with E-state index in [0.29, 0.717) is 19.1 Å². The van der Waals surface area contributed by atoms with Gasteiger partial charge in [0.05, 0.1) is 31.5 Å². The van der Waals surface area contributed by atoms with Crippen LogP contribution in [0.15, 0.2) is 60.7 Å². The van der Waals surface area contributed by atoms with E-state index < -0.39 is 0 Å². The van der Waals surface area contributed by atoms with Crippen molar-refractivity contribution in [3.63, 3.8) is 0 Å². The van der Waals surface area contributed by atoms with Crippen LogP contribution in [0.5, 0.6) is 0 Å². The lowest BCUT2D eigenvalue weighted by atomic mass is 10.0. The maximum atomic E-state index is 6.73. The van der Waals surface area contributed by atoms with E-state index in [0.717, 1.165) is 26.0 Å². The molecule has 0 bridgehead atoms. The van der Waals surface area contributed by atoms with Crippen LogP contribution in [0.2, 0.25) is 0 Å². The number of nitrogens with zero attached hydrogens (tertiary/aromatic N) is 1. The van der Waals surface area contributed by atoms with E-state index in [1.807, 2.05) is 0 Å². The minimum absolute atomic E-state index is 0.00787. The molecule has 1 aliphatic rings. The molecule has 2 aromatic carbocycles. The second kappa shape index (κ2) is 18.6. The summed E-state index contributed by atoms with van der Waals surface area (Å²) < 4.78 is 20.0. The number of benzene rings is 2. The molecule has 0 spiro atoms. The molecular weight excluding hydrogens is 482 g/mol. The molecule has 0 radical (unpaired) electrons. The van der Waals surface area contributed by atoms with Crippen LogP contribution in [0.3, 0.4) is 0 Å². The second-order valence-corrected chi connectivity index (χ2v) is 11.7. The molecule has 4 nitrogen and oxygen atoms in total. The third-order valence-electron chi connectivity index (χ3n) is 8.13. The molecule has 0 heterocycles. The van der Waals surface area contributed by atoms with Crippen molar-refractivity contribution in [2.75, 3.05) is 20.2 Å². The van der Waals surface area contributed by atoms with Crippen LogP contribution < -0.4 is 0 Å². The molecule has 1 aliphatic carbocycles. The Hall–Kier alpha value is -1.72. The fourth-order valence-corrected chi connectivity index (χ4v) is 5.93. The van der Waals surface area contributed by atoms with Crippen molar-refractivity contribution in [3.8, 4) is 0 Å². The Bertz CT molecular complexity index is 861. The van der Waals surface area contributed by atoms with Gasteiger partial charge in [0.1, 0.15) is 6.10 Å². The molecule has 4 heteroatoms. The van der Waals surface area contributed by atoms with Gasteiger partial charge in [-0.1, -0.05) is 126 Å². The Labute approximate surface area is 239 Å². The van der Waals surface area contributed by atoms with Crippen molar-refractivity contribution in [3.05, 3.63) is 71.8 Å². The van der Waals surface area contributed by atoms with Gasteiger partial charge in [0.15, 0.2) is 0 Å². The number of unbranched alkanes of at least 4 members (excludes halogenated alkanes) is 6. The van der Waals surface area contributed by atoms with Crippen molar-refractivity contribution in [2.24, 2.45) is 5.92 Å². The molecular formula is C35H55NO3. The average molecular weight is 538 g/mol. The van der Waals surface area contributed by atoms with E-state index in [9.17, 15) is 0 Å². The van der Waals surface area contributed by atoms with Crippen molar-refractivity contribution >= 4 is 0 Å². The molecule has 0 aromatic heterocycles. The largest absolute Gasteiger partial charge is 0.374 e. The topological polar surface area (TPSA) is 30.9 Å². The van der Waals surface area contributed by atoms with Gasteiger partial charge in [-0.2, -0.15) is 0 Å². The quantitative estimate of drug-likeness (QED) is 0.159. The van der Waals surface area contributed by atoms with Gasteiger partial charge in [0, 0.05) is 19.6 Å². The zero-order valence-electron chi connectivity index (χ0n) is 25.2. The Morgan fingerprint density at radius 1 is 0.718 bits per heavy atom. The van der Waals surface area contributed by atoms with Crippen molar-refractivity contribution in [1.82, 2.24) is 4.90 Å². The van der Waals surface area contributed by atoms with Crippen LogP contribution in [0.25, 0.3) is 0 Å². The summed E-state index contributed by atoms with van der Waals surface area (Å²) in [6.45, 7) is 10.0. The van der Waals surface area contributed by atoms with Gasteiger partial charge in [-0.15, -0.1) is 0 Å². The first-order valence-corrected chi connectivity index (χ1v) is 15.7. The molecule has 1 fully saturated rings. The van der Waals surface area contributed by atoms with Crippen LogP contribution in [-0.2, 0) is 27.4 Å². The molecule has 3 rings (SSSR count). The van der Waals surface area contributed by atoms with E-state index in [1.54, 1.807) is 0 Å². The Morgan fingerprint density at radius 2 is 1.28 bits per heavy atom. The van der Waals surface area contributed by atoms with E-state index in [4.69, 9.17) is 14.2 Å². The fourth-order valence-electron chi connectivity index (χ4n) is 5.93. The van der Waals surface area contributed by atoms with Gasteiger partial charge in [0.2, 0.25) is 0 Å². The Morgan fingerprint density at radius 3 is 1.90 bits per heavy atom. The van der Waals surface area contributed by atoms with E-state index in [1.165, 1.54) is 62.5 Å². The number of rotatable bonds is 20. The summed E-state index contributed by atoms with van der Waals surface area (Å²) >= 11 is 0. The molecule has 5 atom stereocenters. The van der Waals surface area contributed by atoms with Gasteiger partial charge in [0.25, 0.3) is 0 Å². The molecule has 1 saturated carbocycles. The highest BCUT2D eigenvalue weighted by atomic mass is 16.6. The molecule has 0 aliphatic heterocycles. The number of hydrogen-bond acceptors (Lipinski definition) is 4. The smallest absolute Gasteiger partial charge is 0.102 e. The lowest BCUT2D eigenvalue weighted by Gasteiger charge is -2.36. The van der Waals surface area contributed by atoms with E-state index in [-0.39, 0.29) is 24.4 Å². The molecule has 2 aromatic rings. The predicted octanol–water partition coefficient (Wildman–Crippen LogP) is 8.43. The monoisotopic (exact) mass is 537 g/mol. The van der Waals surface area contributed by atoms with Gasteiger partial charge in [-0.25, -0.2) is 0 Å². The Kier molecular flexibility index (Phi) is 15.2. The standard InChI is InChI=1S/C35H55NO3/c1-5-7-9-10-18-24-37-35-33(39-28-31-22-16-12-17-23-31)25-32(38-27-30-20-14-11-15-21-30)34(35)36(4)26-29(3)19-13-8-6-2/h11-12,14-17,20-23,29,32-35H,5-10,13,18-19,24-28H2,1-4H3/t29?,32-,33+,34-,35+/m0/s1. The van der Waals surface area contributed by atoms with Crippen molar-refractivity contribution < 1.29 is 14.2 Å². The average Bonchev–Trinajstić information content (AvgIpc) is 3.31. The lowest BCUT2D eigenvalue weighted by Crippen LogP contribution is -2.49. The number of likely N-dealkylation sites (N-methyl/N-ethyl adjacent to an activating group) is 1. The number of ether oxygens (including phenoxy) is 3. The van der Waals surface area contributed by atoms with Crippen LogP contribution in [0, 0.1) is 5.92 Å². The fraction of sp³-hybridized carbons (Fsp3) is 0.657. The predicted molar refractivity (Wildman–Crippen MR) is 163 cm³/mol. The minimum Gasteiger partial charge on any atom is -0.374 e. The first-order valence-electron chi connectivity index (χ1n) is 15.7. The molecule has 218 valence electrons. The van der Waals surface area contributed by atoms with E-state index >= 15 is 0 Å². The lowest BCUT2D eigenvalue weighted by molar-refractivity contribution is -0.0911. The van der Waals surface area contributed by atoms with Crippen LogP contribution >= 0.6 is 0 Å². The van der Waals surface area contributed by atoms with Crippen LogP contribution in [0.4, 0.5) is 0 Å². The van der Waals surface area contributed by atoms with Crippen LogP contribution in [0.1, 0.15) is 96.1 Å². The molecule has 0 N–H and O–H groups in total. The molecule has 1 unspecified atom stereocenters. The van der Waals surface area contributed by atoms with Gasteiger partial charge in [-0.3, -0.25) is 4.90 Å². The van der Waals surface area contributed by atoms with Crippen molar-refractivity contribution in [2.45, 2.75) is 123 Å². The molecule has 0 amide bonds. The van der Waals surface area contributed by atoms with Crippen LogP contribution in [-0.4, -0.2) is 49.5 Å². The van der Waals surface area contributed by atoms with Gasteiger partial charge < -0.3 is 14.2 Å². The third kappa shape index (κ3) is 11.4. The molecule has 39 heavy (non-hydrogen) atoms. The maximum absolute atomic E-state index is 6.73. The SMILES string of the molecule is CCCCCCCO[C@H]1[C@@H](N(C)CC(C)CCCCC)[C@@H](OCc2ccccc2)C[C@H]1OCc1ccccc1. The zero-order valence-corrected chi connectivity index (χ0v) is 25.2. The normalized spacial score (nSPS) is 22.0. The Balaban J connectivity index is 1.72. The third-order valence-corrected chi connectivity index (χ3v) is 8.13. The number of hydrogen-bond donors (Lipinski definition) is 0. The highest BCUT2D eigenvalue weighted by Gasteiger charge is 2.47. The first-order chi connectivity index (χ1) is 19.1. The summed E-state index contributed by atoms with van der Waals surface area (Å²) in [6.07, 6.45) is 12.4. The van der Waals surface area contributed by atoms with Crippen molar-refractivity contribution in [1.29, 1.82) is 0 Å². The summed E-state index contributed by atoms with van der Waals surface area (Å²) in [5, 5.41) is 0. The summed E-state index contributed by atoms with van der Waals surface area (Å²) in [7, 11) is 2.27. The highest BCUT2D eigenvalue weighted by Crippen LogP contribution is 2.34. The summed E-state index contributed by atoms with van der Waals surface area (Å²) in [5.41, 5.74) is 2.42. The summed E-state index contributed by atoms with van der Waals surface area (Å²) in [6, 6.07) is 21.2. The maximum Gasteiger partial charge on any atom is 0.102 e. The summed E-state index contributed by atoms with van der Waals surface area (Å²) in [5.74, 6) is 0.648. The highest BCUT2D eigenvalue weighted by molar-refractivity contribution is 5.15. The van der Waals surface area contributed by atoms with Gasteiger partial charge in [-0.05, 0) is 36.9 Å². The first kappa shape index (κ1) is 31.8. The van der Waals surface area contributed by atoms with Gasteiger partial charge >= 0.3 is 0 Å². The summed E-state index contributed by atoms with van der Waals surface area (Å²) in [4.78, 5) is 2.53. The molecule has 0 saturated heterocycles. The van der Waals surface area contributed by atoms with E-state index in [2.05, 4.69) is 93.4 Å².